The molecule has 4 saturated heterocycles. The van der Waals surface area contributed by atoms with Crippen LogP contribution in [0.1, 0.15) is 57.8 Å². The van der Waals surface area contributed by atoms with Gasteiger partial charge in [-0.05, 0) is 119 Å². The van der Waals surface area contributed by atoms with Crippen LogP contribution in [0.3, 0.4) is 0 Å². The maximum atomic E-state index is 14.0. The molecule has 5 fully saturated rings. The Morgan fingerprint density at radius 3 is 2.40 bits per heavy atom. The first-order valence-corrected chi connectivity index (χ1v) is 18.4. The molecular weight excluding hydrogens is 622 g/mol. The van der Waals surface area contributed by atoms with Crippen LogP contribution in [0.5, 0.6) is 0 Å². The van der Waals surface area contributed by atoms with Gasteiger partial charge < -0.3 is 30.7 Å². The molecule has 6 heterocycles. The zero-order valence-corrected chi connectivity index (χ0v) is 28.6. The smallest absolute Gasteiger partial charge is 0.233 e. The van der Waals surface area contributed by atoms with Crippen LogP contribution >= 0.6 is 11.6 Å². The predicted molar refractivity (Wildman–Crippen MR) is 193 cm³/mol. The summed E-state index contributed by atoms with van der Waals surface area (Å²) in [5.41, 5.74) is 9.29. The Bertz CT molecular complexity index is 1600. The molecule has 48 heavy (non-hydrogen) atoms. The van der Waals surface area contributed by atoms with Crippen molar-refractivity contribution in [1.29, 1.82) is 0 Å². The number of anilines is 6. The number of hydrogen-bond donors (Lipinski definition) is 2. The van der Waals surface area contributed by atoms with E-state index < -0.39 is 0 Å². The Labute approximate surface area is 289 Å². The van der Waals surface area contributed by atoms with Crippen LogP contribution in [0.25, 0.3) is 0 Å². The number of hydrogen-bond acceptors (Lipinski definition) is 9. The number of likely N-dealkylation sites (tertiary alicyclic amines) is 1. The maximum Gasteiger partial charge on any atom is 0.233 e. The predicted octanol–water partition coefficient (Wildman–Crippen LogP) is 6.21. The van der Waals surface area contributed by atoms with Gasteiger partial charge in [-0.25, -0.2) is 4.98 Å². The summed E-state index contributed by atoms with van der Waals surface area (Å²) in [6.45, 7) is 8.01. The van der Waals surface area contributed by atoms with Gasteiger partial charge in [0.1, 0.15) is 5.02 Å². The third kappa shape index (κ3) is 6.66. The lowest BCUT2D eigenvalue weighted by atomic mass is 9.77. The molecule has 1 aromatic carbocycles. The van der Waals surface area contributed by atoms with Crippen LogP contribution in [-0.2, 0) is 4.79 Å². The van der Waals surface area contributed by atoms with Crippen molar-refractivity contribution in [3.63, 3.8) is 0 Å². The largest absolute Gasteiger partial charge is 0.399 e. The summed E-state index contributed by atoms with van der Waals surface area (Å²) in [6.07, 6.45) is 15.6. The fourth-order valence-electron chi connectivity index (χ4n) is 8.69. The van der Waals surface area contributed by atoms with Gasteiger partial charge in [-0.1, -0.05) is 11.6 Å². The van der Waals surface area contributed by atoms with Crippen molar-refractivity contribution in [2.24, 2.45) is 23.2 Å². The molecule has 10 nitrogen and oxygen atoms in total. The summed E-state index contributed by atoms with van der Waals surface area (Å²) in [7, 11) is 0. The molecule has 1 aliphatic carbocycles. The third-order valence-corrected chi connectivity index (χ3v) is 12.0. The van der Waals surface area contributed by atoms with E-state index in [-0.39, 0.29) is 11.3 Å². The first-order valence-electron chi connectivity index (χ1n) is 18.1. The quantitative estimate of drug-likeness (QED) is 0.271. The fourth-order valence-corrected chi connectivity index (χ4v) is 8.90. The zero-order chi connectivity index (χ0) is 32.7. The van der Waals surface area contributed by atoms with Crippen molar-refractivity contribution < 1.29 is 4.79 Å². The molecule has 254 valence electrons. The summed E-state index contributed by atoms with van der Waals surface area (Å²) in [5.74, 6) is 3.86. The average Bonchev–Trinajstić information content (AvgIpc) is 3.92. The summed E-state index contributed by atoms with van der Waals surface area (Å²) in [6, 6.07) is 10.2. The van der Waals surface area contributed by atoms with Gasteiger partial charge in [-0.2, -0.15) is 4.98 Å². The number of carbonyl (C=O) groups excluding carboxylic acids is 1. The summed E-state index contributed by atoms with van der Waals surface area (Å²) >= 11 is 6.60. The topological polar surface area (TPSA) is 107 Å². The normalized spacial score (nSPS) is 23.6. The highest BCUT2D eigenvalue weighted by molar-refractivity contribution is 6.32. The van der Waals surface area contributed by atoms with Gasteiger partial charge in [0.25, 0.3) is 0 Å². The second-order valence-electron chi connectivity index (χ2n) is 14.9. The Morgan fingerprint density at radius 2 is 1.62 bits per heavy atom. The lowest BCUT2D eigenvalue weighted by Gasteiger charge is -2.41. The van der Waals surface area contributed by atoms with Gasteiger partial charge in [-0.3, -0.25) is 9.78 Å². The van der Waals surface area contributed by atoms with Crippen LogP contribution in [0.4, 0.5) is 34.5 Å². The summed E-state index contributed by atoms with van der Waals surface area (Å²) in [4.78, 5) is 37.1. The highest BCUT2D eigenvalue weighted by atomic mass is 35.5. The molecule has 2 aromatic heterocycles. The molecule has 11 heteroatoms. The van der Waals surface area contributed by atoms with Gasteiger partial charge in [0, 0.05) is 50.6 Å². The van der Waals surface area contributed by atoms with Gasteiger partial charge in [0.05, 0.1) is 35.4 Å². The number of piperidine rings is 3. The monoisotopic (exact) mass is 669 g/mol. The molecule has 8 rings (SSSR count). The second kappa shape index (κ2) is 13.3. The van der Waals surface area contributed by atoms with Crippen molar-refractivity contribution in [2.45, 2.75) is 57.8 Å². The molecule has 1 atom stereocenters. The van der Waals surface area contributed by atoms with E-state index in [1.807, 2.05) is 23.1 Å². The van der Waals surface area contributed by atoms with E-state index in [1.165, 1.54) is 44.2 Å². The standard InChI is InChI=1S/C37H48ClN9O/c38-33-23-41-36(43-34(33)46-14-1-2-28(25-46)27-3-4-27)42-30-20-32(22-40-21-30)47-19-13-37(35(47)48)11-17-44(18-12-37)24-26-9-15-45(16-10-26)31-7-5-29(39)6-8-31/h5-8,20-23,26-28H,1-4,9-19,24-25,39H2,(H,41,42,43). The SMILES string of the molecule is Nc1ccc(N2CCC(CN3CCC4(CC3)CCN(c3cncc(Nc5ncc(Cl)c(N6CCCC(C7CC7)C6)n5)c3)C4=O)CC2)cc1. The molecule has 1 spiro atoms. The van der Waals surface area contributed by atoms with Crippen LogP contribution in [0.15, 0.2) is 48.9 Å². The maximum absolute atomic E-state index is 14.0. The molecule has 1 amide bonds. The molecular formula is C37H48ClN9O. The number of rotatable bonds is 8. The second-order valence-corrected chi connectivity index (χ2v) is 15.3. The van der Waals surface area contributed by atoms with E-state index in [2.05, 4.69) is 42.1 Å². The first-order chi connectivity index (χ1) is 23.4. The third-order valence-electron chi connectivity index (χ3n) is 11.8. The molecule has 5 aliphatic rings. The van der Waals surface area contributed by atoms with Crippen LogP contribution in [-0.4, -0.2) is 78.1 Å². The zero-order valence-electron chi connectivity index (χ0n) is 27.9. The molecule has 0 bridgehead atoms. The Morgan fingerprint density at radius 1 is 0.854 bits per heavy atom. The fraction of sp³-hybridized carbons (Fsp3) is 0.568. The van der Waals surface area contributed by atoms with E-state index in [4.69, 9.17) is 22.3 Å². The van der Waals surface area contributed by atoms with Crippen molar-refractivity contribution in [1.82, 2.24) is 19.9 Å². The minimum atomic E-state index is -0.264. The number of pyridine rings is 1. The minimum absolute atomic E-state index is 0.248. The number of halogens is 1. The molecule has 1 saturated carbocycles. The average molecular weight is 670 g/mol. The molecule has 1 unspecified atom stereocenters. The van der Waals surface area contributed by atoms with Gasteiger partial charge in [0.2, 0.25) is 11.9 Å². The van der Waals surface area contributed by atoms with E-state index in [1.54, 1.807) is 18.6 Å². The summed E-state index contributed by atoms with van der Waals surface area (Å²) < 4.78 is 0. The Balaban J connectivity index is 0.854. The lowest BCUT2D eigenvalue weighted by molar-refractivity contribution is -0.128. The van der Waals surface area contributed by atoms with Gasteiger partial charge >= 0.3 is 0 Å². The number of amides is 1. The molecule has 3 aromatic rings. The highest BCUT2D eigenvalue weighted by Crippen LogP contribution is 2.44. The molecule has 0 radical (unpaired) electrons. The van der Waals surface area contributed by atoms with Crippen LogP contribution < -0.4 is 25.8 Å². The number of carbonyl (C=O) groups is 1. The van der Waals surface area contributed by atoms with Crippen LogP contribution in [0, 0.1) is 23.2 Å². The molecule has 3 N–H and O–H groups in total. The Hall–Kier alpha value is -3.63. The summed E-state index contributed by atoms with van der Waals surface area (Å²) in [5, 5.41) is 3.93. The number of benzene rings is 1. The molecule has 4 aliphatic heterocycles. The highest BCUT2D eigenvalue weighted by Gasteiger charge is 2.48. The Kier molecular flexibility index (Phi) is 8.80. The number of nitrogens with one attached hydrogen (secondary N) is 1. The van der Waals surface area contributed by atoms with Crippen molar-refractivity contribution in [3.8, 4) is 0 Å². The number of nitrogens with two attached hydrogens (primary N) is 1. The van der Waals surface area contributed by atoms with Crippen molar-refractivity contribution in [3.05, 3.63) is 53.9 Å². The number of nitrogens with zero attached hydrogens (tertiary/aromatic N) is 7. The number of aromatic nitrogens is 3. The van der Waals surface area contributed by atoms with E-state index in [9.17, 15) is 4.79 Å². The van der Waals surface area contributed by atoms with E-state index in [0.717, 1.165) is 106 Å². The van der Waals surface area contributed by atoms with Crippen molar-refractivity contribution in [2.75, 3.05) is 78.1 Å². The van der Waals surface area contributed by atoms with E-state index in [0.29, 0.717) is 16.9 Å². The van der Waals surface area contributed by atoms with E-state index >= 15 is 0 Å². The van der Waals surface area contributed by atoms with Gasteiger partial charge in [-0.15, -0.1) is 0 Å². The van der Waals surface area contributed by atoms with Crippen LogP contribution in [0.2, 0.25) is 5.02 Å². The van der Waals surface area contributed by atoms with Gasteiger partial charge in [0.15, 0.2) is 5.82 Å². The minimum Gasteiger partial charge on any atom is -0.399 e. The number of nitrogen functional groups attached to an aromatic ring is 1. The van der Waals surface area contributed by atoms with Crippen molar-refractivity contribution >= 4 is 52.0 Å². The first kappa shape index (κ1) is 31.6. The lowest BCUT2D eigenvalue weighted by Crippen LogP contribution is -2.47.